The Morgan fingerprint density at radius 1 is 0.323 bits per heavy atom. The minimum absolute atomic E-state index is 0.610. The highest BCUT2D eigenvalue weighted by Crippen LogP contribution is 2.48. The summed E-state index contributed by atoms with van der Waals surface area (Å²) in [5, 5.41) is 4.31. The zero-order valence-electron chi connectivity index (χ0n) is 33.8. The van der Waals surface area contributed by atoms with Crippen LogP contribution in [0, 0.1) is 0 Å². The Kier molecular flexibility index (Phi) is 9.45. The average Bonchev–Trinajstić information content (AvgIpc) is 3.79. The standard InChI is InChI=1S/C57H40N4O/c1-7-20-42(21-8-1)57-58-53-37-35-41-34-36-51-52(55(41)56(53)62-57)32-19-33-54(51)61(47-30-17-6-18-31-47)50-39-48(59(43-22-9-2-10-23-43)44-24-11-3-12-25-44)38-49(40-50)60(45-26-13-4-14-27-45)46-28-15-5-16-29-46/h1-40H. The summed E-state index contributed by atoms with van der Waals surface area (Å²) in [4.78, 5) is 12.0. The van der Waals surface area contributed by atoms with E-state index in [-0.39, 0.29) is 0 Å². The van der Waals surface area contributed by atoms with Gasteiger partial charge in [-0.25, -0.2) is 4.98 Å². The van der Waals surface area contributed by atoms with E-state index in [2.05, 4.69) is 227 Å². The lowest BCUT2D eigenvalue weighted by molar-refractivity contribution is 0.623. The Bertz CT molecular complexity index is 3110. The first kappa shape index (κ1) is 36.7. The number of aromatic nitrogens is 1. The van der Waals surface area contributed by atoms with Crippen LogP contribution in [0.5, 0.6) is 0 Å². The van der Waals surface area contributed by atoms with Gasteiger partial charge in [0.25, 0.3) is 0 Å². The summed E-state index contributed by atoms with van der Waals surface area (Å²) in [6, 6.07) is 85.4. The van der Waals surface area contributed by atoms with Gasteiger partial charge in [-0.3, -0.25) is 0 Å². The number of anilines is 9. The molecule has 0 N–H and O–H groups in total. The first-order valence-corrected chi connectivity index (χ1v) is 20.9. The molecule has 5 nitrogen and oxygen atoms in total. The number of oxazole rings is 1. The second kappa shape index (κ2) is 16.0. The van der Waals surface area contributed by atoms with Gasteiger partial charge in [0.15, 0.2) is 5.58 Å². The fraction of sp³-hybridized carbons (Fsp3) is 0. The summed E-state index contributed by atoms with van der Waals surface area (Å²) >= 11 is 0. The number of hydrogen-bond donors (Lipinski definition) is 0. The molecule has 5 heteroatoms. The third kappa shape index (κ3) is 6.78. The Balaban J connectivity index is 1.19. The normalized spacial score (nSPS) is 11.2. The fourth-order valence-corrected chi connectivity index (χ4v) is 8.62. The van der Waals surface area contributed by atoms with E-state index < -0.39 is 0 Å². The van der Waals surface area contributed by atoms with E-state index in [9.17, 15) is 0 Å². The van der Waals surface area contributed by atoms with Crippen LogP contribution in [0.3, 0.4) is 0 Å². The average molecular weight is 797 g/mol. The maximum atomic E-state index is 6.66. The number of rotatable bonds is 10. The number of hydrogen-bond acceptors (Lipinski definition) is 5. The van der Waals surface area contributed by atoms with Gasteiger partial charge in [0, 0.05) is 44.8 Å². The molecule has 0 unspecified atom stereocenters. The molecule has 0 aliphatic carbocycles. The van der Waals surface area contributed by atoms with E-state index >= 15 is 0 Å². The predicted molar refractivity (Wildman–Crippen MR) is 259 cm³/mol. The summed E-state index contributed by atoms with van der Waals surface area (Å²) in [7, 11) is 0. The van der Waals surface area contributed by atoms with Gasteiger partial charge in [0.2, 0.25) is 5.89 Å². The van der Waals surface area contributed by atoms with Crippen molar-refractivity contribution in [1.82, 2.24) is 4.98 Å². The molecule has 1 aromatic heterocycles. The van der Waals surface area contributed by atoms with Gasteiger partial charge < -0.3 is 19.1 Å². The van der Waals surface area contributed by atoms with Crippen molar-refractivity contribution in [3.05, 3.63) is 243 Å². The summed E-state index contributed by atoms with van der Waals surface area (Å²) in [6.45, 7) is 0. The van der Waals surface area contributed by atoms with E-state index in [1.54, 1.807) is 0 Å². The summed E-state index contributed by atoms with van der Waals surface area (Å²) < 4.78 is 6.66. The van der Waals surface area contributed by atoms with Crippen molar-refractivity contribution in [2.75, 3.05) is 14.7 Å². The lowest BCUT2D eigenvalue weighted by Gasteiger charge is -2.33. The lowest BCUT2D eigenvalue weighted by Crippen LogP contribution is -2.16. The van der Waals surface area contributed by atoms with Crippen molar-refractivity contribution >= 4 is 83.8 Å². The van der Waals surface area contributed by atoms with Gasteiger partial charge in [0.1, 0.15) is 5.52 Å². The molecule has 0 spiro atoms. The summed E-state index contributed by atoms with van der Waals surface area (Å²) in [5.74, 6) is 0.610. The van der Waals surface area contributed by atoms with Crippen molar-refractivity contribution in [3.63, 3.8) is 0 Å². The van der Waals surface area contributed by atoms with Crippen LogP contribution in [0.4, 0.5) is 51.2 Å². The van der Waals surface area contributed by atoms with Crippen LogP contribution < -0.4 is 14.7 Å². The molecule has 0 saturated carbocycles. The molecule has 1 heterocycles. The number of fused-ring (bicyclic) bond motifs is 5. The predicted octanol–water partition coefficient (Wildman–Crippen LogP) is 16.2. The van der Waals surface area contributed by atoms with Gasteiger partial charge in [-0.1, -0.05) is 140 Å². The maximum Gasteiger partial charge on any atom is 0.227 e. The maximum absolute atomic E-state index is 6.66. The van der Waals surface area contributed by atoms with Gasteiger partial charge in [-0.2, -0.15) is 0 Å². The van der Waals surface area contributed by atoms with Crippen molar-refractivity contribution in [2.45, 2.75) is 0 Å². The molecule has 11 rings (SSSR count). The third-order valence-electron chi connectivity index (χ3n) is 11.4. The molecule has 0 aliphatic rings. The second-order valence-electron chi connectivity index (χ2n) is 15.2. The number of benzene rings is 10. The molecular weight excluding hydrogens is 757 g/mol. The highest BCUT2D eigenvalue weighted by Gasteiger charge is 2.24. The van der Waals surface area contributed by atoms with Crippen LogP contribution in [0.1, 0.15) is 0 Å². The number of nitrogens with zero attached hydrogens (tertiary/aromatic N) is 4. The molecule has 0 radical (unpaired) electrons. The van der Waals surface area contributed by atoms with Gasteiger partial charge in [0.05, 0.1) is 22.7 Å². The van der Waals surface area contributed by atoms with Gasteiger partial charge >= 0.3 is 0 Å². The van der Waals surface area contributed by atoms with Gasteiger partial charge in [-0.15, -0.1) is 0 Å². The van der Waals surface area contributed by atoms with E-state index in [4.69, 9.17) is 9.40 Å². The Hall–Kier alpha value is -8.41. The molecule has 0 amide bonds. The minimum atomic E-state index is 0.610. The molecule has 62 heavy (non-hydrogen) atoms. The highest BCUT2D eigenvalue weighted by atomic mass is 16.3. The summed E-state index contributed by atoms with van der Waals surface area (Å²) in [5.41, 5.74) is 11.9. The quantitative estimate of drug-likeness (QED) is 0.129. The minimum Gasteiger partial charge on any atom is -0.435 e. The lowest BCUT2D eigenvalue weighted by atomic mass is 9.99. The van der Waals surface area contributed by atoms with Crippen LogP contribution in [0.2, 0.25) is 0 Å². The molecule has 0 aliphatic heterocycles. The van der Waals surface area contributed by atoms with E-state index in [0.717, 1.165) is 89.4 Å². The topological polar surface area (TPSA) is 35.8 Å². The van der Waals surface area contributed by atoms with Crippen LogP contribution in [0.25, 0.3) is 44.1 Å². The Morgan fingerprint density at radius 2 is 0.742 bits per heavy atom. The molecule has 11 aromatic rings. The molecule has 0 bridgehead atoms. The fourth-order valence-electron chi connectivity index (χ4n) is 8.62. The smallest absolute Gasteiger partial charge is 0.227 e. The monoisotopic (exact) mass is 796 g/mol. The molecule has 10 aromatic carbocycles. The first-order valence-electron chi connectivity index (χ1n) is 20.9. The van der Waals surface area contributed by atoms with E-state index in [1.807, 2.05) is 30.3 Å². The Labute approximate surface area is 360 Å². The largest absolute Gasteiger partial charge is 0.435 e. The van der Waals surface area contributed by atoms with Crippen LogP contribution in [0.15, 0.2) is 247 Å². The van der Waals surface area contributed by atoms with Crippen molar-refractivity contribution < 1.29 is 4.42 Å². The SMILES string of the molecule is c1ccc(-c2nc3ccc4ccc5c(N(c6ccccc6)c6cc(N(c7ccccc7)c7ccccc7)cc(N(c7ccccc7)c7ccccc7)c6)cccc5c4c3o2)cc1. The first-order chi connectivity index (χ1) is 30.8. The molecular formula is C57H40N4O. The van der Waals surface area contributed by atoms with Crippen LogP contribution in [-0.4, -0.2) is 4.98 Å². The Morgan fingerprint density at radius 3 is 1.23 bits per heavy atom. The molecule has 0 saturated heterocycles. The second-order valence-corrected chi connectivity index (χ2v) is 15.2. The van der Waals surface area contributed by atoms with Crippen molar-refractivity contribution in [3.8, 4) is 11.5 Å². The van der Waals surface area contributed by atoms with Crippen LogP contribution >= 0.6 is 0 Å². The third-order valence-corrected chi connectivity index (χ3v) is 11.4. The van der Waals surface area contributed by atoms with Gasteiger partial charge in [-0.05, 0) is 114 Å². The van der Waals surface area contributed by atoms with Crippen LogP contribution in [-0.2, 0) is 0 Å². The molecule has 294 valence electrons. The zero-order valence-corrected chi connectivity index (χ0v) is 33.8. The summed E-state index contributed by atoms with van der Waals surface area (Å²) in [6.07, 6.45) is 0. The zero-order chi connectivity index (χ0) is 41.2. The molecule has 0 atom stereocenters. The van der Waals surface area contributed by atoms with Crippen molar-refractivity contribution in [1.29, 1.82) is 0 Å². The van der Waals surface area contributed by atoms with Crippen molar-refractivity contribution in [2.24, 2.45) is 0 Å². The molecule has 0 fully saturated rings. The van der Waals surface area contributed by atoms with E-state index in [1.165, 1.54) is 0 Å². The number of para-hydroxylation sites is 5. The van der Waals surface area contributed by atoms with E-state index in [0.29, 0.717) is 5.89 Å². The highest BCUT2D eigenvalue weighted by molar-refractivity contribution is 6.20.